The smallest absolute Gasteiger partial charge is 0.233 e. The van der Waals surface area contributed by atoms with E-state index in [1.165, 1.54) is 0 Å². The first-order valence-electron chi connectivity index (χ1n) is 10.9. The third-order valence-corrected chi connectivity index (χ3v) is 6.82. The van der Waals surface area contributed by atoms with Gasteiger partial charge < -0.3 is 15.1 Å². The lowest BCUT2D eigenvalue weighted by molar-refractivity contribution is -0.146. The van der Waals surface area contributed by atoms with Crippen molar-refractivity contribution in [1.82, 2.24) is 20.1 Å². The molecule has 1 aromatic heterocycles. The van der Waals surface area contributed by atoms with Crippen molar-refractivity contribution < 1.29 is 14.4 Å². The molecule has 0 spiro atoms. The Hall–Kier alpha value is -3.22. The Morgan fingerprint density at radius 3 is 2.42 bits per heavy atom. The van der Waals surface area contributed by atoms with E-state index in [-0.39, 0.29) is 41.5 Å². The summed E-state index contributed by atoms with van der Waals surface area (Å²) in [6.07, 6.45) is 5.39. The molecule has 2 aromatic rings. The Morgan fingerprint density at radius 1 is 1.03 bits per heavy atom. The van der Waals surface area contributed by atoms with E-state index in [9.17, 15) is 14.4 Å². The number of pyridine rings is 1. The fourth-order valence-corrected chi connectivity index (χ4v) is 4.72. The van der Waals surface area contributed by atoms with Crippen molar-refractivity contribution in [3.63, 3.8) is 0 Å². The molecule has 1 N–H and O–H groups in total. The van der Waals surface area contributed by atoms with E-state index in [1.54, 1.807) is 17.3 Å². The largest absolute Gasteiger partial charge is 0.352 e. The summed E-state index contributed by atoms with van der Waals surface area (Å²) in [5.41, 5.74) is 1.70. The fourth-order valence-electron chi connectivity index (χ4n) is 4.72. The molecule has 0 bridgehead atoms. The van der Waals surface area contributed by atoms with E-state index in [1.807, 2.05) is 47.4 Å². The van der Waals surface area contributed by atoms with Crippen molar-refractivity contribution in [2.75, 3.05) is 19.6 Å². The van der Waals surface area contributed by atoms with Gasteiger partial charge in [-0.25, -0.2) is 0 Å². The standard InChI is InChI=1S/C24H26N4O3/c29-21-12-18(22(30)26-13-17-6-10-25-11-7-17)14-28(21)20-15-27(16-20)23(31)24(8-9-24)19-4-2-1-3-5-19/h1-7,10-11,18,20H,8-9,12-16H2,(H,26,30). The molecular weight excluding hydrogens is 392 g/mol. The summed E-state index contributed by atoms with van der Waals surface area (Å²) in [5.74, 6) is -0.252. The van der Waals surface area contributed by atoms with Crippen LogP contribution < -0.4 is 5.32 Å². The molecule has 7 heteroatoms. The number of rotatable bonds is 6. The zero-order valence-electron chi connectivity index (χ0n) is 17.4. The van der Waals surface area contributed by atoms with E-state index < -0.39 is 0 Å². The van der Waals surface area contributed by atoms with E-state index in [4.69, 9.17) is 0 Å². The van der Waals surface area contributed by atoms with Gasteiger partial charge in [0.15, 0.2) is 0 Å². The second-order valence-corrected chi connectivity index (χ2v) is 8.83. The van der Waals surface area contributed by atoms with Crippen molar-refractivity contribution in [2.45, 2.75) is 37.3 Å². The number of hydrogen-bond acceptors (Lipinski definition) is 4. The first-order valence-corrected chi connectivity index (χ1v) is 10.9. The van der Waals surface area contributed by atoms with Gasteiger partial charge in [0, 0.05) is 45.0 Å². The summed E-state index contributed by atoms with van der Waals surface area (Å²) in [6.45, 7) is 1.98. The van der Waals surface area contributed by atoms with Gasteiger partial charge in [-0.05, 0) is 36.1 Å². The van der Waals surface area contributed by atoms with E-state index in [0.29, 0.717) is 26.2 Å². The summed E-state index contributed by atoms with van der Waals surface area (Å²) in [6, 6.07) is 13.7. The van der Waals surface area contributed by atoms with Gasteiger partial charge in [-0.3, -0.25) is 19.4 Å². The molecule has 3 amide bonds. The predicted octanol–water partition coefficient (Wildman–Crippen LogP) is 1.49. The van der Waals surface area contributed by atoms with Gasteiger partial charge in [-0.2, -0.15) is 0 Å². The molecule has 3 heterocycles. The van der Waals surface area contributed by atoms with Gasteiger partial charge in [0.1, 0.15) is 0 Å². The van der Waals surface area contributed by atoms with Crippen LogP contribution in [0.1, 0.15) is 30.4 Å². The molecule has 3 aliphatic rings. The van der Waals surface area contributed by atoms with Crippen molar-refractivity contribution in [3.05, 3.63) is 66.0 Å². The Balaban J connectivity index is 1.14. The molecule has 160 valence electrons. The van der Waals surface area contributed by atoms with Crippen LogP contribution in [0.3, 0.4) is 0 Å². The van der Waals surface area contributed by atoms with E-state index in [0.717, 1.165) is 24.0 Å². The molecule has 0 radical (unpaired) electrons. The average Bonchev–Trinajstić information content (AvgIpc) is 3.50. The Labute approximate surface area is 181 Å². The lowest BCUT2D eigenvalue weighted by Crippen LogP contribution is -2.63. The van der Waals surface area contributed by atoms with Crippen LogP contribution in [-0.4, -0.2) is 58.2 Å². The normalized spacial score (nSPS) is 22.2. The molecule has 1 saturated carbocycles. The predicted molar refractivity (Wildman–Crippen MR) is 114 cm³/mol. The minimum absolute atomic E-state index is 0.00496. The number of aromatic nitrogens is 1. The molecular formula is C24H26N4O3. The average molecular weight is 418 g/mol. The van der Waals surface area contributed by atoms with Crippen molar-refractivity contribution in [2.24, 2.45) is 5.92 Å². The van der Waals surface area contributed by atoms with Gasteiger partial charge in [0.05, 0.1) is 17.4 Å². The van der Waals surface area contributed by atoms with Gasteiger partial charge in [0.2, 0.25) is 17.7 Å². The summed E-state index contributed by atoms with van der Waals surface area (Å²) in [7, 11) is 0. The molecule has 1 atom stereocenters. The molecule has 2 saturated heterocycles. The third kappa shape index (κ3) is 3.69. The number of likely N-dealkylation sites (tertiary alicyclic amines) is 2. The fraction of sp³-hybridized carbons (Fsp3) is 0.417. The van der Waals surface area contributed by atoms with Gasteiger partial charge in [0.25, 0.3) is 0 Å². The summed E-state index contributed by atoms with van der Waals surface area (Å²) in [5, 5.41) is 2.92. The minimum Gasteiger partial charge on any atom is -0.352 e. The summed E-state index contributed by atoms with van der Waals surface area (Å²) >= 11 is 0. The Morgan fingerprint density at radius 2 is 1.74 bits per heavy atom. The molecule has 1 aliphatic carbocycles. The van der Waals surface area contributed by atoms with Crippen LogP contribution in [0.2, 0.25) is 0 Å². The van der Waals surface area contributed by atoms with Crippen LogP contribution in [0.4, 0.5) is 0 Å². The highest BCUT2D eigenvalue weighted by Crippen LogP contribution is 2.50. The SMILES string of the molecule is O=C(NCc1ccncc1)C1CC(=O)N(C2CN(C(=O)C3(c4ccccc4)CC3)C2)C1. The van der Waals surface area contributed by atoms with Crippen molar-refractivity contribution in [3.8, 4) is 0 Å². The maximum absolute atomic E-state index is 13.1. The zero-order valence-corrected chi connectivity index (χ0v) is 17.4. The zero-order chi connectivity index (χ0) is 21.4. The first kappa shape index (κ1) is 19.7. The molecule has 2 aliphatic heterocycles. The van der Waals surface area contributed by atoms with Crippen LogP contribution in [-0.2, 0) is 26.3 Å². The van der Waals surface area contributed by atoms with Crippen molar-refractivity contribution >= 4 is 17.7 Å². The molecule has 31 heavy (non-hydrogen) atoms. The molecule has 7 nitrogen and oxygen atoms in total. The van der Waals surface area contributed by atoms with Crippen LogP contribution in [0.5, 0.6) is 0 Å². The maximum atomic E-state index is 13.1. The molecule has 3 fully saturated rings. The topological polar surface area (TPSA) is 82.6 Å². The van der Waals surface area contributed by atoms with Gasteiger partial charge in [-0.1, -0.05) is 30.3 Å². The Bertz CT molecular complexity index is 984. The highest BCUT2D eigenvalue weighted by Gasteiger charge is 2.55. The maximum Gasteiger partial charge on any atom is 0.233 e. The number of nitrogens with zero attached hydrogens (tertiary/aromatic N) is 3. The van der Waals surface area contributed by atoms with E-state index in [2.05, 4.69) is 10.3 Å². The van der Waals surface area contributed by atoms with Crippen LogP contribution in [0.25, 0.3) is 0 Å². The number of carbonyl (C=O) groups excluding carboxylic acids is 3. The molecule has 1 aromatic carbocycles. The number of carbonyl (C=O) groups is 3. The number of nitrogens with one attached hydrogen (secondary N) is 1. The van der Waals surface area contributed by atoms with Crippen LogP contribution in [0, 0.1) is 5.92 Å². The molecule has 1 unspecified atom stereocenters. The minimum atomic E-state index is -0.364. The van der Waals surface area contributed by atoms with Gasteiger partial charge >= 0.3 is 0 Å². The lowest BCUT2D eigenvalue weighted by Gasteiger charge is -2.45. The third-order valence-electron chi connectivity index (χ3n) is 6.82. The monoisotopic (exact) mass is 418 g/mol. The highest BCUT2D eigenvalue weighted by atomic mass is 16.2. The second kappa shape index (κ2) is 7.80. The number of hydrogen-bond donors (Lipinski definition) is 1. The van der Waals surface area contributed by atoms with E-state index >= 15 is 0 Å². The highest BCUT2D eigenvalue weighted by molar-refractivity contribution is 5.93. The van der Waals surface area contributed by atoms with Crippen LogP contribution in [0.15, 0.2) is 54.9 Å². The lowest BCUT2D eigenvalue weighted by atomic mass is 9.92. The van der Waals surface area contributed by atoms with Crippen LogP contribution >= 0.6 is 0 Å². The number of benzene rings is 1. The quantitative estimate of drug-likeness (QED) is 0.771. The van der Waals surface area contributed by atoms with Gasteiger partial charge in [-0.15, -0.1) is 0 Å². The molecule has 5 rings (SSSR count). The number of amides is 3. The first-order chi connectivity index (χ1) is 15.1. The summed E-state index contributed by atoms with van der Waals surface area (Å²) < 4.78 is 0. The summed E-state index contributed by atoms with van der Waals surface area (Å²) in [4.78, 5) is 45.8. The second-order valence-electron chi connectivity index (χ2n) is 8.83. The van der Waals surface area contributed by atoms with Crippen molar-refractivity contribution in [1.29, 1.82) is 0 Å². The Kier molecular flexibility index (Phi) is 4.96.